The Bertz CT molecular complexity index is 1130. The van der Waals surface area contributed by atoms with Crippen LogP contribution in [0.5, 0.6) is 17.2 Å². The molecule has 0 aromatic heterocycles. The van der Waals surface area contributed by atoms with Crippen molar-refractivity contribution in [2.45, 2.75) is 23.6 Å². The molecular formula is C25H24N2O3S. The Hall–Kier alpha value is -3.12. The molecule has 2 aliphatic heterocycles. The number of hydrazone groups is 1. The van der Waals surface area contributed by atoms with Crippen LogP contribution in [0.15, 0.2) is 76.7 Å². The molecule has 158 valence electrons. The Morgan fingerprint density at radius 3 is 2.48 bits per heavy atom. The topological polar surface area (TPSA) is 43.3 Å². The largest absolute Gasteiger partial charge is 0.493 e. The number of benzene rings is 3. The third-order valence-electron chi connectivity index (χ3n) is 5.82. The summed E-state index contributed by atoms with van der Waals surface area (Å²) >= 11 is 1.73. The van der Waals surface area contributed by atoms with Crippen molar-refractivity contribution in [1.29, 1.82) is 0 Å². The summed E-state index contributed by atoms with van der Waals surface area (Å²) in [6, 6.07) is 22.9. The van der Waals surface area contributed by atoms with Crippen LogP contribution in [-0.2, 0) is 0 Å². The molecule has 0 amide bonds. The van der Waals surface area contributed by atoms with E-state index in [1.807, 2.05) is 30.3 Å². The summed E-state index contributed by atoms with van der Waals surface area (Å²) in [4.78, 5) is 1.23. The molecule has 6 heteroatoms. The fourth-order valence-electron chi connectivity index (χ4n) is 4.21. The molecule has 2 atom stereocenters. The molecule has 0 saturated carbocycles. The van der Waals surface area contributed by atoms with Gasteiger partial charge in [0.05, 0.1) is 26.0 Å². The molecule has 31 heavy (non-hydrogen) atoms. The van der Waals surface area contributed by atoms with E-state index in [1.165, 1.54) is 10.5 Å². The molecule has 3 aromatic rings. The van der Waals surface area contributed by atoms with Gasteiger partial charge in [-0.25, -0.2) is 5.01 Å². The highest BCUT2D eigenvalue weighted by Gasteiger charge is 2.40. The Morgan fingerprint density at radius 1 is 0.968 bits per heavy atom. The lowest BCUT2D eigenvalue weighted by atomic mass is 9.96. The molecule has 0 aliphatic carbocycles. The van der Waals surface area contributed by atoms with Gasteiger partial charge in [-0.1, -0.05) is 30.3 Å². The van der Waals surface area contributed by atoms with Gasteiger partial charge in [0.15, 0.2) is 11.5 Å². The number of methoxy groups -OCH3 is 2. The molecule has 0 spiro atoms. The maximum Gasteiger partial charge on any atom is 0.213 e. The van der Waals surface area contributed by atoms with E-state index in [2.05, 4.69) is 47.7 Å². The van der Waals surface area contributed by atoms with Crippen LogP contribution in [-0.4, -0.2) is 31.2 Å². The summed E-state index contributed by atoms with van der Waals surface area (Å²) in [6.07, 6.45) is 2.61. The average molecular weight is 433 g/mol. The van der Waals surface area contributed by atoms with Crippen LogP contribution in [0.3, 0.4) is 0 Å². The van der Waals surface area contributed by atoms with E-state index in [0.29, 0.717) is 11.5 Å². The first kappa shape index (κ1) is 19.8. The Balaban J connectivity index is 1.55. The number of fused-ring (bicyclic) bond motifs is 3. The van der Waals surface area contributed by atoms with Crippen molar-refractivity contribution in [3.63, 3.8) is 0 Å². The third-order valence-corrected chi connectivity index (χ3v) is 6.56. The summed E-state index contributed by atoms with van der Waals surface area (Å²) < 4.78 is 17.3. The predicted octanol–water partition coefficient (Wildman–Crippen LogP) is 5.67. The Kier molecular flexibility index (Phi) is 5.24. The van der Waals surface area contributed by atoms with Crippen LogP contribution in [0.2, 0.25) is 0 Å². The summed E-state index contributed by atoms with van der Waals surface area (Å²) in [6.45, 7) is 0. The standard InChI is InChI=1S/C25H24N2O3S/c1-28-23-13-10-17(14-24(23)29-2)20-15-21-19-6-4-5-7-22(19)30-25(27(21)26-20)16-8-11-18(31-3)12-9-16/h4-14,21,25H,15H2,1-3H3/t21-,25+/m1/s1. The third kappa shape index (κ3) is 3.51. The Morgan fingerprint density at radius 2 is 1.74 bits per heavy atom. The summed E-state index contributed by atoms with van der Waals surface area (Å²) in [5, 5.41) is 7.13. The summed E-state index contributed by atoms with van der Waals surface area (Å²) in [7, 11) is 3.30. The second-order valence-electron chi connectivity index (χ2n) is 7.50. The number of nitrogens with zero attached hydrogens (tertiary/aromatic N) is 2. The lowest BCUT2D eigenvalue weighted by Crippen LogP contribution is -2.33. The van der Waals surface area contributed by atoms with Crippen molar-refractivity contribution in [3.8, 4) is 17.2 Å². The zero-order valence-corrected chi connectivity index (χ0v) is 18.6. The minimum absolute atomic E-state index is 0.123. The van der Waals surface area contributed by atoms with Crippen molar-refractivity contribution < 1.29 is 14.2 Å². The minimum Gasteiger partial charge on any atom is -0.493 e. The van der Waals surface area contributed by atoms with E-state index in [9.17, 15) is 0 Å². The number of hydrogen-bond donors (Lipinski definition) is 0. The Labute approximate surface area is 186 Å². The quantitative estimate of drug-likeness (QED) is 0.486. The smallest absolute Gasteiger partial charge is 0.213 e. The summed E-state index contributed by atoms with van der Waals surface area (Å²) in [5.74, 6) is 2.34. The minimum atomic E-state index is -0.270. The maximum atomic E-state index is 6.44. The normalized spacial score (nSPS) is 19.2. The van der Waals surface area contributed by atoms with Crippen molar-refractivity contribution in [3.05, 3.63) is 83.4 Å². The highest BCUT2D eigenvalue weighted by Crippen LogP contribution is 2.47. The molecule has 5 nitrogen and oxygen atoms in total. The van der Waals surface area contributed by atoms with Gasteiger partial charge in [-0.2, -0.15) is 5.10 Å². The van der Waals surface area contributed by atoms with Crippen LogP contribution >= 0.6 is 11.8 Å². The van der Waals surface area contributed by atoms with Gasteiger partial charge >= 0.3 is 0 Å². The van der Waals surface area contributed by atoms with Crippen molar-refractivity contribution in [2.75, 3.05) is 20.5 Å². The van der Waals surface area contributed by atoms with Gasteiger partial charge in [-0.05, 0) is 42.7 Å². The molecule has 3 aromatic carbocycles. The molecule has 0 fully saturated rings. The molecule has 5 rings (SSSR count). The summed E-state index contributed by atoms with van der Waals surface area (Å²) in [5.41, 5.74) is 4.30. The van der Waals surface area contributed by atoms with Crippen molar-refractivity contribution in [2.24, 2.45) is 5.10 Å². The van der Waals surface area contributed by atoms with Gasteiger partial charge in [-0.15, -0.1) is 11.8 Å². The number of thioether (sulfide) groups is 1. The molecular weight excluding hydrogens is 408 g/mol. The fraction of sp³-hybridized carbons (Fsp3) is 0.240. The van der Waals surface area contributed by atoms with Gasteiger partial charge in [0.1, 0.15) is 5.75 Å². The van der Waals surface area contributed by atoms with Crippen LogP contribution < -0.4 is 14.2 Å². The van der Waals surface area contributed by atoms with Crippen LogP contribution in [0.4, 0.5) is 0 Å². The van der Waals surface area contributed by atoms with E-state index in [0.717, 1.165) is 29.0 Å². The first-order valence-corrected chi connectivity index (χ1v) is 11.4. The van der Waals surface area contributed by atoms with E-state index >= 15 is 0 Å². The highest BCUT2D eigenvalue weighted by molar-refractivity contribution is 7.98. The molecule has 0 N–H and O–H groups in total. The van der Waals surface area contributed by atoms with Gasteiger partial charge in [0, 0.05) is 28.0 Å². The van der Waals surface area contributed by atoms with E-state index in [4.69, 9.17) is 19.3 Å². The van der Waals surface area contributed by atoms with Crippen LogP contribution in [0, 0.1) is 0 Å². The van der Waals surface area contributed by atoms with Crippen LogP contribution in [0.1, 0.15) is 35.4 Å². The fourth-order valence-corrected chi connectivity index (χ4v) is 4.62. The van der Waals surface area contributed by atoms with E-state index < -0.39 is 0 Å². The van der Waals surface area contributed by atoms with Crippen molar-refractivity contribution >= 4 is 17.5 Å². The van der Waals surface area contributed by atoms with Gasteiger partial charge in [-0.3, -0.25) is 0 Å². The monoisotopic (exact) mass is 432 g/mol. The van der Waals surface area contributed by atoms with Crippen molar-refractivity contribution in [1.82, 2.24) is 5.01 Å². The van der Waals surface area contributed by atoms with E-state index in [-0.39, 0.29) is 12.3 Å². The lowest BCUT2D eigenvalue weighted by molar-refractivity contribution is -0.0190. The molecule has 2 heterocycles. The van der Waals surface area contributed by atoms with Crippen LogP contribution in [0.25, 0.3) is 0 Å². The van der Waals surface area contributed by atoms with Gasteiger partial charge in [0.25, 0.3) is 0 Å². The molecule has 0 unspecified atom stereocenters. The van der Waals surface area contributed by atoms with Gasteiger partial charge < -0.3 is 14.2 Å². The lowest BCUT2D eigenvalue weighted by Gasteiger charge is -2.38. The first-order chi connectivity index (χ1) is 15.2. The number of rotatable bonds is 5. The highest BCUT2D eigenvalue weighted by atomic mass is 32.2. The second-order valence-corrected chi connectivity index (χ2v) is 8.38. The zero-order chi connectivity index (χ0) is 21.4. The average Bonchev–Trinajstić information content (AvgIpc) is 3.29. The number of hydrogen-bond acceptors (Lipinski definition) is 6. The van der Waals surface area contributed by atoms with E-state index in [1.54, 1.807) is 26.0 Å². The van der Waals surface area contributed by atoms with Gasteiger partial charge in [0.2, 0.25) is 6.23 Å². The molecule has 0 radical (unpaired) electrons. The second kappa shape index (κ2) is 8.19. The predicted molar refractivity (Wildman–Crippen MR) is 123 cm³/mol. The first-order valence-electron chi connectivity index (χ1n) is 10.2. The molecule has 0 saturated heterocycles. The zero-order valence-electron chi connectivity index (χ0n) is 17.7. The molecule has 2 aliphatic rings. The number of para-hydroxylation sites is 1. The maximum absolute atomic E-state index is 6.44. The SMILES string of the molecule is COc1ccc(C2=NN3[C@H](C2)c2ccccc2O[C@H]3c2ccc(SC)cc2)cc1OC. The number of ether oxygens (including phenoxy) is 3. The molecule has 0 bridgehead atoms.